The summed E-state index contributed by atoms with van der Waals surface area (Å²) in [6.45, 7) is 5.14. The quantitative estimate of drug-likeness (QED) is 0.801. The van der Waals surface area contributed by atoms with E-state index in [1.54, 1.807) is 20.8 Å². The first-order chi connectivity index (χ1) is 9.44. The van der Waals surface area contributed by atoms with Crippen molar-refractivity contribution >= 4 is 6.09 Å². The first-order valence-electron chi connectivity index (χ1n) is 6.35. The van der Waals surface area contributed by atoms with Crippen LogP contribution >= 0.6 is 0 Å². The lowest BCUT2D eigenvalue weighted by Gasteiger charge is -2.36. The zero-order chi connectivity index (χ0) is 16.4. The number of carboxylic acid groups (broad SMARTS) is 1. The van der Waals surface area contributed by atoms with E-state index < -0.39 is 35.3 Å². The van der Waals surface area contributed by atoms with Gasteiger partial charge in [0.2, 0.25) is 0 Å². The SMILES string of the molecule is CC(C)(C)C(NC(=O)O)C(N)c1ccccc1C(F)(F)F. The number of halogens is 3. The summed E-state index contributed by atoms with van der Waals surface area (Å²) in [5.41, 5.74) is 4.33. The summed E-state index contributed by atoms with van der Waals surface area (Å²) in [6, 6.07) is 2.96. The molecule has 1 amide bonds. The fourth-order valence-corrected chi connectivity index (χ4v) is 2.20. The van der Waals surface area contributed by atoms with Gasteiger partial charge in [0.25, 0.3) is 0 Å². The monoisotopic (exact) mass is 304 g/mol. The molecule has 1 aromatic carbocycles. The van der Waals surface area contributed by atoms with Crippen molar-refractivity contribution < 1.29 is 23.1 Å². The molecule has 4 N–H and O–H groups in total. The second-order valence-electron chi connectivity index (χ2n) is 5.90. The standard InChI is InChI=1S/C14H19F3N2O2/c1-13(2,3)11(19-12(20)21)10(18)8-6-4-5-7-9(8)14(15,16)17/h4-7,10-11,19H,18H2,1-3H3,(H,20,21). The molecule has 0 fully saturated rings. The third-order valence-electron chi connectivity index (χ3n) is 3.20. The zero-order valence-electron chi connectivity index (χ0n) is 12.0. The number of hydrogen-bond donors (Lipinski definition) is 3. The molecular formula is C14H19F3N2O2. The molecule has 0 aliphatic carbocycles. The van der Waals surface area contributed by atoms with Crippen LogP contribution in [0, 0.1) is 5.41 Å². The second kappa shape index (κ2) is 5.93. The molecule has 0 saturated heterocycles. The lowest BCUT2D eigenvalue weighted by atomic mass is 9.79. The molecule has 1 aromatic rings. The molecule has 0 aliphatic rings. The number of rotatable bonds is 3. The van der Waals surface area contributed by atoms with Gasteiger partial charge in [-0.05, 0) is 17.0 Å². The highest BCUT2D eigenvalue weighted by Gasteiger charge is 2.39. The largest absolute Gasteiger partial charge is 0.465 e. The van der Waals surface area contributed by atoms with E-state index in [4.69, 9.17) is 10.8 Å². The highest BCUT2D eigenvalue weighted by atomic mass is 19.4. The number of alkyl halides is 3. The average molecular weight is 304 g/mol. The van der Waals surface area contributed by atoms with E-state index >= 15 is 0 Å². The summed E-state index contributed by atoms with van der Waals surface area (Å²) < 4.78 is 39.1. The molecule has 21 heavy (non-hydrogen) atoms. The van der Waals surface area contributed by atoms with Crippen molar-refractivity contribution in [1.29, 1.82) is 0 Å². The summed E-state index contributed by atoms with van der Waals surface area (Å²) in [4.78, 5) is 10.9. The van der Waals surface area contributed by atoms with Gasteiger partial charge in [0.05, 0.1) is 17.6 Å². The normalized spacial score (nSPS) is 15.4. The molecule has 4 nitrogen and oxygen atoms in total. The summed E-state index contributed by atoms with van der Waals surface area (Å²) >= 11 is 0. The van der Waals surface area contributed by atoms with Gasteiger partial charge < -0.3 is 16.2 Å². The Kier molecular flexibility index (Phi) is 4.88. The van der Waals surface area contributed by atoms with Crippen molar-refractivity contribution in [3.8, 4) is 0 Å². The molecule has 0 radical (unpaired) electrons. The van der Waals surface area contributed by atoms with Crippen molar-refractivity contribution in [3.63, 3.8) is 0 Å². The third-order valence-corrected chi connectivity index (χ3v) is 3.20. The molecule has 2 unspecified atom stereocenters. The van der Waals surface area contributed by atoms with Crippen LogP contribution in [0.1, 0.15) is 37.9 Å². The third kappa shape index (κ3) is 4.35. The van der Waals surface area contributed by atoms with Crippen LogP contribution in [-0.2, 0) is 6.18 Å². The molecule has 118 valence electrons. The molecule has 7 heteroatoms. The minimum absolute atomic E-state index is 0.126. The van der Waals surface area contributed by atoms with Gasteiger partial charge in [0.15, 0.2) is 0 Å². The number of hydrogen-bond acceptors (Lipinski definition) is 2. The van der Waals surface area contributed by atoms with Gasteiger partial charge in [-0.15, -0.1) is 0 Å². The predicted octanol–water partition coefficient (Wildman–Crippen LogP) is 3.39. The second-order valence-corrected chi connectivity index (χ2v) is 5.90. The molecule has 0 bridgehead atoms. The zero-order valence-corrected chi connectivity index (χ0v) is 12.0. The number of amides is 1. The summed E-state index contributed by atoms with van der Waals surface area (Å²) in [5.74, 6) is 0. The molecule has 2 atom stereocenters. The maximum Gasteiger partial charge on any atom is 0.416 e. The van der Waals surface area contributed by atoms with Crippen molar-refractivity contribution in [2.24, 2.45) is 11.1 Å². The van der Waals surface area contributed by atoms with Gasteiger partial charge in [0, 0.05) is 0 Å². The van der Waals surface area contributed by atoms with Crippen LogP contribution in [0.3, 0.4) is 0 Å². The van der Waals surface area contributed by atoms with Crippen molar-refractivity contribution in [2.45, 2.75) is 39.0 Å². The van der Waals surface area contributed by atoms with Crippen LogP contribution < -0.4 is 11.1 Å². The van der Waals surface area contributed by atoms with Crippen LogP contribution in [0.5, 0.6) is 0 Å². The Morgan fingerprint density at radius 2 is 1.76 bits per heavy atom. The lowest BCUT2D eigenvalue weighted by Crippen LogP contribution is -2.50. The van der Waals surface area contributed by atoms with Crippen LogP contribution in [0.25, 0.3) is 0 Å². The minimum atomic E-state index is -4.54. The number of benzene rings is 1. The van der Waals surface area contributed by atoms with Crippen LogP contribution in [0.15, 0.2) is 24.3 Å². The Hall–Kier alpha value is -1.76. The van der Waals surface area contributed by atoms with Gasteiger partial charge in [-0.25, -0.2) is 4.79 Å². The predicted molar refractivity (Wildman–Crippen MR) is 72.8 cm³/mol. The Bertz CT molecular complexity index is 510. The molecule has 0 aliphatic heterocycles. The topological polar surface area (TPSA) is 75.3 Å². The molecular weight excluding hydrogens is 285 g/mol. The summed E-state index contributed by atoms with van der Waals surface area (Å²) in [6.07, 6.45) is -5.87. The molecule has 1 rings (SSSR count). The van der Waals surface area contributed by atoms with Gasteiger partial charge in [-0.1, -0.05) is 39.0 Å². The Morgan fingerprint density at radius 3 is 2.19 bits per heavy atom. The van der Waals surface area contributed by atoms with Gasteiger partial charge in [-0.3, -0.25) is 0 Å². The summed E-state index contributed by atoms with van der Waals surface area (Å²) in [5, 5.41) is 11.1. The maximum absolute atomic E-state index is 13.0. The molecule has 0 aromatic heterocycles. The van der Waals surface area contributed by atoms with Gasteiger partial charge in [0.1, 0.15) is 0 Å². The summed E-state index contributed by atoms with van der Waals surface area (Å²) in [7, 11) is 0. The van der Waals surface area contributed by atoms with E-state index in [0.717, 1.165) is 6.07 Å². The minimum Gasteiger partial charge on any atom is -0.465 e. The van der Waals surface area contributed by atoms with E-state index in [-0.39, 0.29) is 5.56 Å². The van der Waals surface area contributed by atoms with Crippen LogP contribution in [-0.4, -0.2) is 17.2 Å². The van der Waals surface area contributed by atoms with Crippen molar-refractivity contribution in [1.82, 2.24) is 5.32 Å². The fourth-order valence-electron chi connectivity index (χ4n) is 2.20. The van der Waals surface area contributed by atoms with E-state index in [1.165, 1.54) is 18.2 Å². The highest BCUT2D eigenvalue weighted by molar-refractivity contribution is 5.65. The molecule has 0 saturated carbocycles. The number of nitrogens with one attached hydrogen (secondary N) is 1. The lowest BCUT2D eigenvalue weighted by molar-refractivity contribution is -0.138. The molecule has 0 heterocycles. The van der Waals surface area contributed by atoms with Crippen molar-refractivity contribution in [2.75, 3.05) is 0 Å². The van der Waals surface area contributed by atoms with E-state index in [9.17, 15) is 18.0 Å². The van der Waals surface area contributed by atoms with Crippen molar-refractivity contribution in [3.05, 3.63) is 35.4 Å². The fraction of sp³-hybridized carbons (Fsp3) is 0.500. The van der Waals surface area contributed by atoms with Gasteiger partial charge >= 0.3 is 12.3 Å². The van der Waals surface area contributed by atoms with Crippen LogP contribution in [0.4, 0.5) is 18.0 Å². The number of carbonyl (C=O) groups is 1. The first-order valence-corrected chi connectivity index (χ1v) is 6.35. The Balaban J connectivity index is 3.28. The van der Waals surface area contributed by atoms with Crippen LogP contribution in [0.2, 0.25) is 0 Å². The average Bonchev–Trinajstić information content (AvgIpc) is 2.32. The van der Waals surface area contributed by atoms with E-state index in [1.807, 2.05) is 0 Å². The highest BCUT2D eigenvalue weighted by Crippen LogP contribution is 2.37. The smallest absolute Gasteiger partial charge is 0.416 e. The van der Waals surface area contributed by atoms with Gasteiger partial charge in [-0.2, -0.15) is 13.2 Å². The first kappa shape index (κ1) is 17.3. The number of nitrogens with two attached hydrogens (primary N) is 1. The van der Waals surface area contributed by atoms with E-state index in [2.05, 4.69) is 5.32 Å². The molecule has 0 spiro atoms. The van der Waals surface area contributed by atoms with E-state index in [0.29, 0.717) is 0 Å². The Morgan fingerprint density at radius 1 is 1.24 bits per heavy atom. The Labute approximate surface area is 121 Å². The maximum atomic E-state index is 13.0.